The van der Waals surface area contributed by atoms with E-state index in [2.05, 4.69) is 34.5 Å². The minimum Gasteiger partial charge on any atom is -0.314 e. The fourth-order valence-electron chi connectivity index (χ4n) is 3.72. The summed E-state index contributed by atoms with van der Waals surface area (Å²) in [5, 5.41) is 3.40. The van der Waals surface area contributed by atoms with Crippen LogP contribution >= 0.6 is 0 Å². The maximum absolute atomic E-state index is 12.8. The predicted molar refractivity (Wildman–Crippen MR) is 109 cm³/mol. The lowest BCUT2D eigenvalue weighted by Crippen LogP contribution is -2.45. The molecule has 1 aliphatic heterocycles. The van der Waals surface area contributed by atoms with Gasteiger partial charge >= 0.3 is 0 Å². The van der Waals surface area contributed by atoms with E-state index in [1.165, 1.54) is 9.87 Å². The highest BCUT2D eigenvalue weighted by molar-refractivity contribution is 7.89. The lowest BCUT2D eigenvalue weighted by Gasteiger charge is -2.35. The molecule has 1 unspecified atom stereocenters. The number of hydrogen-bond donors (Lipinski definition) is 1. The SMILES string of the molecule is CCN(CC)S(=O)(=O)c1ccc(C(c2ccccc2)N2CCNCC2)cc1. The minimum atomic E-state index is -3.42. The van der Waals surface area contributed by atoms with Crippen LogP contribution in [-0.2, 0) is 10.0 Å². The fourth-order valence-corrected chi connectivity index (χ4v) is 5.18. The number of piperazine rings is 1. The third-order valence-corrected chi connectivity index (χ3v) is 7.24. The lowest BCUT2D eigenvalue weighted by molar-refractivity contribution is 0.198. The van der Waals surface area contributed by atoms with Gasteiger partial charge in [-0.25, -0.2) is 8.42 Å². The Bertz CT molecular complexity index is 812. The van der Waals surface area contributed by atoms with Crippen molar-refractivity contribution in [3.63, 3.8) is 0 Å². The van der Waals surface area contributed by atoms with Crippen LogP contribution in [0.3, 0.4) is 0 Å². The molecule has 1 N–H and O–H groups in total. The zero-order valence-electron chi connectivity index (χ0n) is 16.1. The third-order valence-electron chi connectivity index (χ3n) is 5.17. The molecule has 3 rings (SSSR count). The number of nitrogens with one attached hydrogen (secondary N) is 1. The van der Waals surface area contributed by atoms with Gasteiger partial charge in [0.05, 0.1) is 10.9 Å². The van der Waals surface area contributed by atoms with Gasteiger partial charge in [0.2, 0.25) is 10.0 Å². The summed E-state index contributed by atoms with van der Waals surface area (Å²) in [6.45, 7) is 8.58. The first-order valence-electron chi connectivity index (χ1n) is 9.67. The molecule has 1 heterocycles. The fraction of sp³-hybridized carbons (Fsp3) is 0.429. The van der Waals surface area contributed by atoms with Crippen LogP contribution in [-0.4, -0.2) is 56.9 Å². The average molecular weight is 388 g/mol. The topological polar surface area (TPSA) is 52.7 Å². The van der Waals surface area contributed by atoms with E-state index in [1.54, 1.807) is 12.1 Å². The summed E-state index contributed by atoms with van der Waals surface area (Å²) >= 11 is 0. The highest BCUT2D eigenvalue weighted by atomic mass is 32.2. The van der Waals surface area contributed by atoms with E-state index in [0.717, 1.165) is 31.7 Å². The van der Waals surface area contributed by atoms with Crippen LogP contribution in [0.1, 0.15) is 31.0 Å². The standard InChI is InChI=1S/C21H29N3O2S/c1-3-24(4-2)27(25,26)20-12-10-19(11-13-20)21(18-8-6-5-7-9-18)23-16-14-22-15-17-23/h5-13,21-22H,3-4,14-17H2,1-2H3. The van der Waals surface area contributed by atoms with Crippen molar-refractivity contribution in [2.45, 2.75) is 24.8 Å². The molecule has 2 aromatic carbocycles. The smallest absolute Gasteiger partial charge is 0.243 e. The molecule has 0 aliphatic carbocycles. The molecule has 0 amide bonds. The Hall–Kier alpha value is -1.73. The van der Waals surface area contributed by atoms with Gasteiger partial charge in [-0.05, 0) is 23.3 Å². The van der Waals surface area contributed by atoms with E-state index in [-0.39, 0.29) is 6.04 Å². The van der Waals surface area contributed by atoms with E-state index in [4.69, 9.17) is 0 Å². The number of nitrogens with zero attached hydrogens (tertiary/aromatic N) is 2. The Morgan fingerprint density at radius 1 is 0.926 bits per heavy atom. The van der Waals surface area contributed by atoms with Crippen LogP contribution in [0.15, 0.2) is 59.5 Å². The Kier molecular flexibility index (Phi) is 6.65. The van der Waals surface area contributed by atoms with Crippen LogP contribution < -0.4 is 5.32 Å². The second-order valence-corrected chi connectivity index (χ2v) is 8.70. The van der Waals surface area contributed by atoms with Gasteiger partial charge in [-0.3, -0.25) is 4.90 Å². The number of rotatable bonds is 7. The van der Waals surface area contributed by atoms with Crippen molar-refractivity contribution in [2.24, 2.45) is 0 Å². The summed E-state index contributed by atoms with van der Waals surface area (Å²) in [4.78, 5) is 2.82. The first-order valence-corrected chi connectivity index (χ1v) is 11.1. The average Bonchev–Trinajstić information content (AvgIpc) is 2.71. The van der Waals surface area contributed by atoms with Gasteiger partial charge in [0, 0.05) is 39.3 Å². The zero-order valence-corrected chi connectivity index (χ0v) is 17.0. The van der Waals surface area contributed by atoms with E-state index in [0.29, 0.717) is 18.0 Å². The molecule has 1 aliphatic rings. The van der Waals surface area contributed by atoms with Crippen LogP contribution in [0.2, 0.25) is 0 Å². The Labute approximate surface area is 163 Å². The van der Waals surface area contributed by atoms with Crippen molar-refractivity contribution in [1.82, 2.24) is 14.5 Å². The molecule has 0 spiro atoms. The summed E-state index contributed by atoms with van der Waals surface area (Å²) in [7, 11) is -3.42. The van der Waals surface area contributed by atoms with Gasteiger partial charge in [0.15, 0.2) is 0 Å². The van der Waals surface area contributed by atoms with Crippen LogP contribution in [0.5, 0.6) is 0 Å². The molecule has 0 saturated carbocycles. The highest BCUT2D eigenvalue weighted by Crippen LogP contribution is 2.30. The second-order valence-electron chi connectivity index (χ2n) is 6.76. The number of benzene rings is 2. The zero-order chi connectivity index (χ0) is 19.3. The van der Waals surface area contributed by atoms with Gasteiger partial charge in [0.1, 0.15) is 0 Å². The highest BCUT2D eigenvalue weighted by Gasteiger charge is 2.25. The molecule has 0 aromatic heterocycles. The van der Waals surface area contributed by atoms with Crippen LogP contribution in [0, 0.1) is 0 Å². The molecule has 1 fully saturated rings. The minimum absolute atomic E-state index is 0.138. The second kappa shape index (κ2) is 8.97. The van der Waals surface area contributed by atoms with Crippen LogP contribution in [0.4, 0.5) is 0 Å². The monoisotopic (exact) mass is 387 g/mol. The maximum atomic E-state index is 12.8. The molecule has 1 atom stereocenters. The van der Waals surface area contributed by atoms with Crippen molar-refractivity contribution in [3.8, 4) is 0 Å². The number of sulfonamides is 1. The molecule has 2 aromatic rings. The largest absolute Gasteiger partial charge is 0.314 e. The molecule has 0 radical (unpaired) electrons. The summed E-state index contributed by atoms with van der Waals surface area (Å²) in [5.74, 6) is 0. The van der Waals surface area contributed by atoms with Gasteiger partial charge in [0.25, 0.3) is 0 Å². The molecular formula is C21H29N3O2S. The normalized spacial score (nSPS) is 17.1. The van der Waals surface area contributed by atoms with Gasteiger partial charge < -0.3 is 5.32 Å². The van der Waals surface area contributed by atoms with Gasteiger partial charge in [-0.15, -0.1) is 0 Å². The van der Waals surface area contributed by atoms with Crippen molar-refractivity contribution in [1.29, 1.82) is 0 Å². The Morgan fingerprint density at radius 2 is 1.48 bits per heavy atom. The maximum Gasteiger partial charge on any atom is 0.243 e. The van der Waals surface area contributed by atoms with E-state index in [1.807, 2.05) is 32.0 Å². The van der Waals surface area contributed by atoms with Crippen molar-refractivity contribution >= 4 is 10.0 Å². The summed E-state index contributed by atoms with van der Waals surface area (Å²) < 4.78 is 27.0. The third kappa shape index (κ3) is 4.41. The predicted octanol–water partition coefficient (Wildman–Crippen LogP) is 2.71. The molecule has 5 nitrogen and oxygen atoms in total. The molecule has 146 valence electrons. The summed E-state index contributed by atoms with van der Waals surface area (Å²) in [6, 6.07) is 18.0. The van der Waals surface area contributed by atoms with E-state index < -0.39 is 10.0 Å². The Morgan fingerprint density at radius 3 is 2.04 bits per heavy atom. The number of hydrogen-bond acceptors (Lipinski definition) is 4. The lowest BCUT2D eigenvalue weighted by atomic mass is 9.96. The molecular weight excluding hydrogens is 358 g/mol. The van der Waals surface area contributed by atoms with Crippen molar-refractivity contribution < 1.29 is 8.42 Å². The van der Waals surface area contributed by atoms with Gasteiger partial charge in [-0.2, -0.15) is 4.31 Å². The summed E-state index contributed by atoms with van der Waals surface area (Å²) in [6.07, 6.45) is 0. The van der Waals surface area contributed by atoms with Crippen LogP contribution in [0.25, 0.3) is 0 Å². The van der Waals surface area contributed by atoms with Crippen molar-refractivity contribution in [2.75, 3.05) is 39.3 Å². The summed E-state index contributed by atoms with van der Waals surface area (Å²) in [5.41, 5.74) is 2.36. The molecule has 1 saturated heterocycles. The quantitative estimate of drug-likeness (QED) is 0.794. The Balaban J connectivity index is 1.94. The molecule has 0 bridgehead atoms. The van der Waals surface area contributed by atoms with Gasteiger partial charge in [-0.1, -0.05) is 56.3 Å². The van der Waals surface area contributed by atoms with E-state index >= 15 is 0 Å². The van der Waals surface area contributed by atoms with E-state index in [9.17, 15) is 8.42 Å². The first-order chi connectivity index (χ1) is 13.1. The first kappa shape index (κ1) is 20.0. The molecule has 27 heavy (non-hydrogen) atoms. The molecule has 6 heteroatoms. The van der Waals surface area contributed by atoms with Crippen molar-refractivity contribution in [3.05, 3.63) is 65.7 Å².